The number of carbonyl (C=O) groups excluding carboxylic acids is 1. The van der Waals surface area contributed by atoms with Crippen LogP contribution < -0.4 is 10.2 Å². The number of amides is 2. The highest BCUT2D eigenvalue weighted by Gasteiger charge is 2.37. The third kappa shape index (κ3) is 3.01. The van der Waals surface area contributed by atoms with E-state index in [2.05, 4.69) is 26.1 Å². The van der Waals surface area contributed by atoms with Crippen LogP contribution in [0.15, 0.2) is 24.3 Å². The van der Waals surface area contributed by atoms with Gasteiger partial charge in [-0.25, -0.2) is 4.79 Å². The Balaban J connectivity index is 2.22. The van der Waals surface area contributed by atoms with Gasteiger partial charge in [-0.15, -0.1) is 0 Å². The molecule has 2 amide bonds. The van der Waals surface area contributed by atoms with Gasteiger partial charge in [0.2, 0.25) is 0 Å². The van der Waals surface area contributed by atoms with Crippen molar-refractivity contribution in [1.29, 1.82) is 0 Å². The SMILES string of the molecule is CC(NC(=O)N1CC(C(=O)O)c2ccccc21)C(C)(C)C. The van der Waals surface area contributed by atoms with Crippen LogP contribution >= 0.6 is 0 Å². The van der Waals surface area contributed by atoms with E-state index in [0.717, 1.165) is 0 Å². The number of nitrogens with zero attached hydrogens (tertiary/aromatic N) is 1. The summed E-state index contributed by atoms with van der Waals surface area (Å²) in [5, 5.41) is 12.3. The van der Waals surface area contributed by atoms with Crippen molar-refractivity contribution in [1.82, 2.24) is 5.32 Å². The van der Waals surface area contributed by atoms with Crippen LogP contribution in [-0.4, -0.2) is 29.7 Å². The zero-order valence-corrected chi connectivity index (χ0v) is 12.9. The normalized spacial score (nSPS) is 19.0. The van der Waals surface area contributed by atoms with Gasteiger partial charge in [0.1, 0.15) is 5.92 Å². The van der Waals surface area contributed by atoms with Gasteiger partial charge in [0, 0.05) is 18.3 Å². The van der Waals surface area contributed by atoms with Gasteiger partial charge in [-0.1, -0.05) is 39.0 Å². The average Bonchev–Trinajstić information content (AvgIpc) is 2.77. The van der Waals surface area contributed by atoms with Gasteiger partial charge in [0.25, 0.3) is 0 Å². The van der Waals surface area contributed by atoms with Crippen molar-refractivity contribution in [2.45, 2.75) is 39.7 Å². The van der Waals surface area contributed by atoms with E-state index in [-0.39, 0.29) is 24.0 Å². The number of para-hydroxylation sites is 1. The van der Waals surface area contributed by atoms with E-state index < -0.39 is 11.9 Å². The molecule has 0 aromatic heterocycles. The molecule has 21 heavy (non-hydrogen) atoms. The Bertz CT molecular complexity index is 563. The molecule has 0 fully saturated rings. The highest BCUT2D eigenvalue weighted by atomic mass is 16.4. The van der Waals surface area contributed by atoms with Crippen molar-refractivity contribution >= 4 is 17.7 Å². The lowest BCUT2D eigenvalue weighted by Crippen LogP contribution is -2.48. The van der Waals surface area contributed by atoms with Gasteiger partial charge >= 0.3 is 12.0 Å². The quantitative estimate of drug-likeness (QED) is 0.880. The maximum absolute atomic E-state index is 12.5. The van der Waals surface area contributed by atoms with Crippen LogP contribution in [0.2, 0.25) is 0 Å². The number of benzene rings is 1. The molecule has 2 N–H and O–H groups in total. The molecule has 114 valence electrons. The fourth-order valence-corrected chi connectivity index (χ4v) is 2.29. The predicted octanol–water partition coefficient (Wildman–Crippen LogP) is 2.82. The molecule has 1 aliphatic rings. The van der Waals surface area contributed by atoms with Crippen LogP contribution in [0.3, 0.4) is 0 Å². The summed E-state index contributed by atoms with van der Waals surface area (Å²) < 4.78 is 0. The first-order chi connectivity index (χ1) is 9.71. The number of hydrogen-bond acceptors (Lipinski definition) is 2. The van der Waals surface area contributed by atoms with Crippen LogP contribution in [0.5, 0.6) is 0 Å². The molecule has 0 aliphatic carbocycles. The Morgan fingerprint density at radius 1 is 1.33 bits per heavy atom. The Morgan fingerprint density at radius 3 is 2.52 bits per heavy atom. The minimum Gasteiger partial charge on any atom is -0.481 e. The molecule has 0 bridgehead atoms. The minimum absolute atomic E-state index is 0.0129. The number of carboxylic acids is 1. The van der Waals surface area contributed by atoms with Crippen LogP contribution in [0.4, 0.5) is 10.5 Å². The first-order valence-electron chi connectivity index (χ1n) is 7.11. The maximum Gasteiger partial charge on any atom is 0.322 e. The van der Waals surface area contributed by atoms with Gasteiger partial charge in [0.05, 0.1) is 0 Å². The molecule has 1 aromatic rings. The fourth-order valence-electron chi connectivity index (χ4n) is 2.29. The van der Waals surface area contributed by atoms with E-state index in [9.17, 15) is 14.7 Å². The second-order valence-electron chi connectivity index (χ2n) is 6.60. The minimum atomic E-state index is -0.901. The number of anilines is 1. The van der Waals surface area contributed by atoms with Gasteiger partial charge < -0.3 is 10.4 Å². The van der Waals surface area contributed by atoms with Crippen molar-refractivity contribution in [2.75, 3.05) is 11.4 Å². The highest BCUT2D eigenvalue weighted by molar-refractivity contribution is 5.98. The summed E-state index contributed by atoms with van der Waals surface area (Å²) in [6.07, 6.45) is 0. The summed E-state index contributed by atoms with van der Waals surface area (Å²) in [7, 11) is 0. The maximum atomic E-state index is 12.5. The third-order valence-electron chi connectivity index (χ3n) is 4.15. The molecular weight excluding hydrogens is 268 g/mol. The van der Waals surface area contributed by atoms with E-state index in [1.165, 1.54) is 4.90 Å². The Labute approximate surface area is 125 Å². The Morgan fingerprint density at radius 2 is 1.95 bits per heavy atom. The molecular formula is C16H22N2O3. The first-order valence-corrected chi connectivity index (χ1v) is 7.11. The number of carbonyl (C=O) groups is 2. The second-order valence-corrected chi connectivity index (χ2v) is 6.60. The zero-order valence-electron chi connectivity index (χ0n) is 12.9. The van der Waals surface area contributed by atoms with E-state index in [4.69, 9.17) is 0 Å². The van der Waals surface area contributed by atoms with E-state index >= 15 is 0 Å². The van der Waals surface area contributed by atoms with Crippen molar-refractivity contribution in [3.8, 4) is 0 Å². The molecule has 1 aromatic carbocycles. The van der Waals surface area contributed by atoms with Crippen molar-refractivity contribution < 1.29 is 14.7 Å². The lowest BCUT2D eigenvalue weighted by molar-refractivity contribution is -0.138. The second kappa shape index (κ2) is 5.39. The summed E-state index contributed by atoms with van der Waals surface area (Å²) in [5.41, 5.74) is 1.33. The summed E-state index contributed by atoms with van der Waals surface area (Å²) >= 11 is 0. The van der Waals surface area contributed by atoms with Gasteiger partial charge in [-0.05, 0) is 24.0 Å². The molecule has 5 nitrogen and oxygen atoms in total. The monoisotopic (exact) mass is 290 g/mol. The largest absolute Gasteiger partial charge is 0.481 e. The zero-order chi connectivity index (χ0) is 15.8. The van der Waals surface area contributed by atoms with Gasteiger partial charge in [0.15, 0.2) is 0 Å². The van der Waals surface area contributed by atoms with E-state index in [0.29, 0.717) is 11.3 Å². The molecule has 0 spiro atoms. The number of nitrogens with one attached hydrogen (secondary N) is 1. The molecule has 0 saturated carbocycles. The van der Waals surface area contributed by atoms with Crippen LogP contribution in [-0.2, 0) is 4.79 Å². The summed E-state index contributed by atoms with van der Waals surface area (Å²) in [6, 6.07) is 6.92. The van der Waals surface area contributed by atoms with Crippen LogP contribution in [0, 0.1) is 5.41 Å². The van der Waals surface area contributed by atoms with Crippen molar-refractivity contribution in [3.63, 3.8) is 0 Å². The topological polar surface area (TPSA) is 69.6 Å². The van der Waals surface area contributed by atoms with E-state index in [1.807, 2.05) is 13.0 Å². The summed E-state index contributed by atoms with van der Waals surface area (Å²) in [6.45, 7) is 8.29. The molecule has 1 aliphatic heterocycles. The molecule has 5 heteroatoms. The molecule has 0 radical (unpaired) electrons. The molecule has 1 heterocycles. The number of urea groups is 1. The molecule has 2 rings (SSSR count). The van der Waals surface area contributed by atoms with Crippen LogP contribution in [0.25, 0.3) is 0 Å². The average molecular weight is 290 g/mol. The number of rotatable bonds is 2. The fraction of sp³-hybridized carbons (Fsp3) is 0.500. The van der Waals surface area contributed by atoms with Gasteiger partial charge in [-0.3, -0.25) is 9.69 Å². The van der Waals surface area contributed by atoms with Crippen molar-refractivity contribution in [2.24, 2.45) is 5.41 Å². The number of hydrogen-bond donors (Lipinski definition) is 2. The number of aliphatic carboxylic acids is 1. The number of carboxylic acid groups (broad SMARTS) is 1. The molecule has 2 unspecified atom stereocenters. The molecule has 2 atom stereocenters. The Hall–Kier alpha value is -2.04. The lowest BCUT2D eigenvalue weighted by Gasteiger charge is -2.30. The third-order valence-corrected chi connectivity index (χ3v) is 4.15. The van der Waals surface area contributed by atoms with Crippen molar-refractivity contribution in [3.05, 3.63) is 29.8 Å². The summed E-state index contributed by atoms with van der Waals surface area (Å²) in [5.74, 6) is -1.56. The summed E-state index contributed by atoms with van der Waals surface area (Å²) in [4.78, 5) is 25.3. The molecule has 0 saturated heterocycles. The standard InChI is InChI=1S/C16H22N2O3/c1-10(16(2,3)4)17-15(21)18-9-12(14(19)20)11-7-5-6-8-13(11)18/h5-8,10,12H,9H2,1-4H3,(H,17,21)(H,19,20). The van der Waals surface area contributed by atoms with Gasteiger partial charge in [-0.2, -0.15) is 0 Å². The highest BCUT2D eigenvalue weighted by Crippen LogP contribution is 2.36. The lowest BCUT2D eigenvalue weighted by atomic mass is 9.88. The smallest absolute Gasteiger partial charge is 0.322 e. The first kappa shape index (κ1) is 15.4. The predicted molar refractivity (Wildman–Crippen MR) is 81.6 cm³/mol. The van der Waals surface area contributed by atoms with Crippen LogP contribution in [0.1, 0.15) is 39.2 Å². The van der Waals surface area contributed by atoms with E-state index in [1.54, 1.807) is 18.2 Å². The Kier molecular flexibility index (Phi) is 3.94. The number of fused-ring (bicyclic) bond motifs is 1.